The van der Waals surface area contributed by atoms with Gasteiger partial charge in [-0.15, -0.1) is 0 Å². The molecular formula is C34H70O5. The Bertz CT molecular complexity index is 720. The summed E-state index contributed by atoms with van der Waals surface area (Å²) in [6.07, 6.45) is 3.42. The van der Waals surface area contributed by atoms with E-state index in [9.17, 15) is 19.2 Å². The van der Waals surface area contributed by atoms with Crippen molar-refractivity contribution in [2.75, 3.05) is 0 Å². The van der Waals surface area contributed by atoms with Crippen LogP contribution >= 0.6 is 0 Å². The Labute approximate surface area is 245 Å². The van der Waals surface area contributed by atoms with Crippen LogP contribution in [0, 0.1) is 21.7 Å². The monoisotopic (exact) mass is 559 g/mol. The highest BCUT2D eigenvalue weighted by atomic mass is 16.6. The molecule has 0 radical (unpaired) electrons. The van der Waals surface area contributed by atoms with Gasteiger partial charge >= 0.3 is 5.97 Å². The molecule has 5 nitrogen and oxygen atoms in total. The molecule has 0 aromatic rings. The fourth-order valence-electron chi connectivity index (χ4n) is 2.07. The lowest BCUT2D eigenvalue weighted by molar-refractivity contribution is -0.164. The molecule has 236 valence electrons. The molecule has 0 amide bonds. The number of carbonyl (C=O) groups is 4. The largest absolute Gasteiger partial charge is 0.460 e. The molecule has 0 rings (SSSR count). The van der Waals surface area contributed by atoms with Crippen molar-refractivity contribution >= 4 is 23.3 Å². The highest BCUT2D eigenvalue weighted by Gasteiger charge is 2.27. The minimum Gasteiger partial charge on any atom is -0.460 e. The molecule has 0 aromatic heterocycles. The summed E-state index contributed by atoms with van der Waals surface area (Å²) >= 11 is 0. The molecule has 0 aromatic carbocycles. The maximum absolute atomic E-state index is 11.6. The van der Waals surface area contributed by atoms with Crippen LogP contribution in [0.15, 0.2) is 11.6 Å². The summed E-state index contributed by atoms with van der Waals surface area (Å²) in [6, 6.07) is 0. The number of ketones is 3. The molecule has 0 saturated carbocycles. The molecule has 0 heterocycles. The summed E-state index contributed by atoms with van der Waals surface area (Å²) in [7, 11) is 0. The number of ether oxygens (including phenoxy) is 1. The second-order valence-corrected chi connectivity index (χ2v) is 14.8. The first-order valence-corrected chi connectivity index (χ1v) is 13.0. The first kappa shape index (κ1) is 50.1. The molecule has 0 N–H and O–H groups in total. The van der Waals surface area contributed by atoms with Crippen molar-refractivity contribution in [2.24, 2.45) is 21.7 Å². The van der Waals surface area contributed by atoms with E-state index in [0.29, 0.717) is 19.3 Å². The summed E-state index contributed by atoms with van der Waals surface area (Å²) in [5.74, 6) is 0.533. The van der Waals surface area contributed by atoms with Gasteiger partial charge in [0.05, 0.1) is 5.41 Å². The fourth-order valence-corrected chi connectivity index (χ4v) is 2.07. The highest BCUT2D eigenvalue weighted by molar-refractivity contribution is 5.94. The van der Waals surface area contributed by atoms with Crippen molar-refractivity contribution in [1.29, 1.82) is 0 Å². The van der Waals surface area contributed by atoms with Gasteiger partial charge < -0.3 is 4.74 Å². The number of Topliss-reactive ketones (excluding diaryl/α,β-unsaturated/α-hetero) is 2. The molecule has 0 aliphatic heterocycles. The molecule has 0 aliphatic rings. The third kappa shape index (κ3) is 30.6. The molecule has 0 spiro atoms. The Morgan fingerprint density at radius 3 is 0.974 bits per heavy atom. The van der Waals surface area contributed by atoms with Crippen LogP contribution in [-0.2, 0) is 23.9 Å². The Morgan fingerprint density at radius 2 is 0.846 bits per heavy atom. The first-order valence-electron chi connectivity index (χ1n) is 13.0. The van der Waals surface area contributed by atoms with Crippen molar-refractivity contribution in [2.45, 2.75) is 165 Å². The minimum absolute atomic E-state index is 0. The Balaban J connectivity index is -0.000000103. The summed E-state index contributed by atoms with van der Waals surface area (Å²) < 4.78 is 5.16. The SMILES string of the molecule is C.C.C.CC(C)(C)C(=O)CCCC(=O)C(C)(C)C.CC(C)(C)OC(=O)C(C)(C)C.CC(C)=CC(=O)C(C)(C)C. The zero-order chi connectivity index (χ0) is 29.9. The molecule has 5 heteroatoms. The maximum Gasteiger partial charge on any atom is 0.311 e. The van der Waals surface area contributed by atoms with Gasteiger partial charge in [-0.2, -0.15) is 0 Å². The Morgan fingerprint density at radius 1 is 0.538 bits per heavy atom. The van der Waals surface area contributed by atoms with Crippen molar-refractivity contribution in [3.63, 3.8) is 0 Å². The normalized spacial score (nSPS) is 11.3. The van der Waals surface area contributed by atoms with E-state index in [4.69, 9.17) is 4.74 Å². The van der Waals surface area contributed by atoms with E-state index in [1.54, 1.807) is 6.08 Å². The molecule has 0 aliphatic carbocycles. The lowest BCUT2D eigenvalue weighted by Gasteiger charge is -2.25. The van der Waals surface area contributed by atoms with Crippen molar-refractivity contribution in [3.8, 4) is 0 Å². The smallest absolute Gasteiger partial charge is 0.311 e. The van der Waals surface area contributed by atoms with E-state index in [0.717, 1.165) is 5.57 Å². The highest BCUT2D eigenvalue weighted by Crippen LogP contribution is 2.22. The van der Waals surface area contributed by atoms with Gasteiger partial charge in [0.15, 0.2) is 5.78 Å². The number of carbonyl (C=O) groups excluding carboxylic acids is 4. The van der Waals surface area contributed by atoms with E-state index in [-0.39, 0.29) is 67.4 Å². The molecule has 0 atom stereocenters. The van der Waals surface area contributed by atoms with E-state index in [2.05, 4.69) is 0 Å². The maximum atomic E-state index is 11.6. The molecule has 0 saturated heterocycles. The van der Waals surface area contributed by atoms with Crippen LogP contribution in [0.1, 0.15) is 159 Å². The topological polar surface area (TPSA) is 77.5 Å². The number of allylic oxidation sites excluding steroid dienone is 2. The summed E-state index contributed by atoms with van der Waals surface area (Å²) in [4.78, 5) is 45.6. The predicted molar refractivity (Wildman–Crippen MR) is 172 cm³/mol. The Hall–Kier alpha value is -1.78. The van der Waals surface area contributed by atoms with Gasteiger partial charge in [0.25, 0.3) is 0 Å². The lowest BCUT2D eigenvalue weighted by atomic mass is 9.85. The van der Waals surface area contributed by atoms with Crippen LogP contribution in [0.3, 0.4) is 0 Å². The van der Waals surface area contributed by atoms with Gasteiger partial charge in [0.1, 0.15) is 17.2 Å². The average Bonchev–Trinajstić information content (AvgIpc) is 2.57. The number of hydrogen-bond acceptors (Lipinski definition) is 5. The summed E-state index contributed by atoms with van der Waals surface area (Å²) in [5, 5.41) is 0. The van der Waals surface area contributed by atoms with Crippen LogP contribution in [0.2, 0.25) is 0 Å². The summed E-state index contributed by atoms with van der Waals surface area (Å²) in [6.45, 7) is 32.3. The van der Waals surface area contributed by atoms with Gasteiger partial charge in [-0.3, -0.25) is 19.2 Å². The second kappa shape index (κ2) is 19.3. The number of esters is 1. The van der Waals surface area contributed by atoms with Crippen LogP contribution in [-0.4, -0.2) is 28.9 Å². The third-order valence-electron chi connectivity index (χ3n) is 4.65. The van der Waals surface area contributed by atoms with Crippen LogP contribution in [0.4, 0.5) is 0 Å². The third-order valence-corrected chi connectivity index (χ3v) is 4.65. The average molecular weight is 559 g/mol. The van der Waals surface area contributed by atoms with E-state index in [1.807, 2.05) is 118 Å². The molecular weight excluding hydrogens is 488 g/mol. The van der Waals surface area contributed by atoms with Gasteiger partial charge in [-0.1, -0.05) is 90.2 Å². The second-order valence-electron chi connectivity index (χ2n) is 14.8. The van der Waals surface area contributed by atoms with Gasteiger partial charge in [0.2, 0.25) is 0 Å². The van der Waals surface area contributed by atoms with E-state index >= 15 is 0 Å². The summed E-state index contributed by atoms with van der Waals surface area (Å²) in [5.41, 5.74) is -0.468. The Kier molecular flexibility index (Phi) is 24.8. The quantitative estimate of drug-likeness (QED) is 0.248. The van der Waals surface area contributed by atoms with Gasteiger partial charge in [-0.25, -0.2) is 0 Å². The van der Waals surface area contributed by atoms with E-state index < -0.39 is 5.41 Å². The first-order chi connectivity index (χ1) is 15.5. The molecule has 0 bridgehead atoms. The zero-order valence-electron chi connectivity index (χ0n) is 26.7. The zero-order valence-corrected chi connectivity index (χ0v) is 26.7. The molecule has 39 heavy (non-hydrogen) atoms. The predicted octanol–water partition coefficient (Wildman–Crippen LogP) is 10.2. The van der Waals surface area contributed by atoms with Crippen LogP contribution < -0.4 is 0 Å². The van der Waals surface area contributed by atoms with Gasteiger partial charge in [-0.05, 0) is 67.9 Å². The standard InChI is InChI=1S/C13H24O2.C9H18O2.C9H16O.3CH4/c1-12(2,3)10(14)8-7-9-11(15)13(4,5)6;1-8(2,3)7(10)11-9(4,5)6;1-7(2)6-8(10)9(3,4)5;;;/h7-9H2,1-6H3;1-6H3;6H,1-5H3;3*1H4. The van der Waals surface area contributed by atoms with Crippen molar-refractivity contribution < 1.29 is 23.9 Å². The molecule has 0 fully saturated rings. The number of hydrogen-bond donors (Lipinski definition) is 0. The van der Waals surface area contributed by atoms with Crippen LogP contribution in [0.5, 0.6) is 0 Å². The fraction of sp³-hybridized carbons (Fsp3) is 0.824. The van der Waals surface area contributed by atoms with Crippen molar-refractivity contribution in [1.82, 2.24) is 0 Å². The molecule has 0 unspecified atom stereocenters. The number of rotatable bonds is 5. The van der Waals surface area contributed by atoms with Crippen molar-refractivity contribution in [3.05, 3.63) is 11.6 Å². The van der Waals surface area contributed by atoms with Gasteiger partial charge in [0, 0.05) is 29.1 Å². The van der Waals surface area contributed by atoms with E-state index in [1.165, 1.54) is 0 Å². The lowest BCUT2D eigenvalue weighted by Crippen LogP contribution is -2.31. The minimum atomic E-state index is -0.396. The van der Waals surface area contributed by atoms with Crippen LogP contribution in [0.25, 0.3) is 0 Å².